The molecule has 2 aromatic carbocycles. The Bertz CT molecular complexity index is 870. The molecule has 3 aromatic rings. The summed E-state index contributed by atoms with van der Waals surface area (Å²) in [7, 11) is 1.60. The van der Waals surface area contributed by atoms with Crippen LogP contribution in [0.2, 0.25) is 0 Å². The maximum atomic E-state index is 12.3. The van der Waals surface area contributed by atoms with Gasteiger partial charge in [0.05, 0.1) is 18.8 Å². The number of carbonyl (C=O) groups excluding carboxylic acids is 1. The quantitative estimate of drug-likeness (QED) is 0.720. The molecule has 0 saturated heterocycles. The van der Waals surface area contributed by atoms with E-state index < -0.39 is 0 Å². The fraction of sp³-hybridized carbons (Fsp3) is 0.316. The Morgan fingerprint density at radius 3 is 2.75 bits per heavy atom. The highest BCUT2D eigenvalue weighted by Crippen LogP contribution is 2.36. The second-order valence-electron chi connectivity index (χ2n) is 5.81. The van der Waals surface area contributed by atoms with E-state index in [0.717, 1.165) is 34.9 Å². The number of amides is 1. The van der Waals surface area contributed by atoms with Crippen LogP contribution in [0.25, 0.3) is 21.9 Å². The minimum absolute atomic E-state index is 0.0998. The van der Waals surface area contributed by atoms with E-state index >= 15 is 0 Å². The van der Waals surface area contributed by atoms with Crippen molar-refractivity contribution in [2.24, 2.45) is 0 Å². The Balaban J connectivity index is 1.95. The van der Waals surface area contributed by atoms with Gasteiger partial charge in [0.1, 0.15) is 16.9 Å². The molecule has 1 amide bonds. The van der Waals surface area contributed by atoms with Crippen molar-refractivity contribution < 1.29 is 13.9 Å². The first kappa shape index (κ1) is 16.3. The number of methoxy groups -OCH3 is 1. The molecular weight excluding hydrogens is 304 g/mol. The van der Waals surface area contributed by atoms with E-state index in [1.165, 1.54) is 0 Å². The van der Waals surface area contributed by atoms with Crippen molar-refractivity contribution in [2.75, 3.05) is 19.0 Å². The maximum absolute atomic E-state index is 12.3. The van der Waals surface area contributed by atoms with Crippen LogP contribution in [-0.4, -0.2) is 25.6 Å². The summed E-state index contributed by atoms with van der Waals surface area (Å²) >= 11 is 0. The molecule has 1 atom stereocenters. The van der Waals surface area contributed by atoms with E-state index in [2.05, 4.69) is 17.6 Å². The number of fused-ring (bicyclic) bond motifs is 3. The lowest BCUT2D eigenvalue weighted by Gasteiger charge is -2.15. The van der Waals surface area contributed by atoms with E-state index in [4.69, 9.17) is 9.15 Å². The zero-order valence-electron chi connectivity index (χ0n) is 14.2. The summed E-state index contributed by atoms with van der Waals surface area (Å²) in [6, 6.07) is 11.3. The first-order valence-electron chi connectivity index (χ1n) is 8.17. The van der Waals surface area contributed by atoms with Crippen LogP contribution in [0.1, 0.15) is 20.3 Å². The number of furan rings is 1. The summed E-state index contributed by atoms with van der Waals surface area (Å²) in [5.41, 5.74) is 2.15. The van der Waals surface area contributed by atoms with E-state index in [-0.39, 0.29) is 11.9 Å². The number of benzene rings is 2. The number of ether oxygens (including phenoxy) is 1. The monoisotopic (exact) mass is 326 g/mol. The third-order valence-electron chi connectivity index (χ3n) is 4.05. The van der Waals surface area contributed by atoms with Gasteiger partial charge in [-0.1, -0.05) is 25.1 Å². The number of carbonyl (C=O) groups is 1. The maximum Gasteiger partial charge on any atom is 0.241 e. The zero-order chi connectivity index (χ0) is 17.1. The van der Waals surface area contributed by atoms with Crippen LogP contribution >= 0.6 is 0 Å². The highest BCUT2D eigenvalue weighted by molar-refractivity contribution is 6.08. The van der Waals surface area contributed by atoms with Gasteiger partial charge in [0, 0.05) is 16.8 Å². The first-order valence-corrected chi connectivity index (χ1v) is 8.17. The molecule has 0 fully saturated rings. The Morgan fingerprint density at radius 1 is 1.21 bits per heavy atom. The van der Waals surface area contributed by atoms with Crippen LogP contribution in [0, 0.1) is 0 Å². The van der Waals surface area contributed by atoms with E-state index in [9.17, 15) is 4.79 Å². The van der Waals surface area contributed by atoms with Crippen molar-refractivity contribution in [2.45, 2.75) is 26.3 Å². The molecule has 24 heavy (non-hydrogen) atoms. The van der Waals surface area contributed by atoms with Crippen molar-refractivity contribution in [3.63, 3.8) is 0 Å². The molecule has 5 heteroatoms. The fourth-order valence-corrected chi connectivity index (χ4v) is 2.71. The Labute approximate surface area is 141 Å². The van der Waals surface area contributed by atoms with Gasteiger partial charge in [-0.05, 0) is 32.0 Å². The van der Waals surface area contributed by atoms with Crippen molar-refractivity contribution in [1.82, 2.24) is 5.32 Å². The van der Waals surface area contributed by atoms with Gasteiger partial charge in [-0.3, -0.25) is 4.79 Å². The number of hydrogen-bond acceptors (Lipinski definition) is 4. The van der Waals surface area contributed by atoms with Crippen LogP contribution < -0.4 is 15.4 Å². The van der Waals surface area contributed by atoms with Gasteiger partial charge in [-0.25, -0.2) is 0 Å². The molecule has 1 unspecified atom stereocenters. The van der Waals surface area contributed by atoms with Gasteiger partial charge < -0.3 is 19.8 Å². The van der Waals surface area contributed by atoms with Crippen LogP contribution in [0.15, 0.2) is 40.8 Å². The molecule has 0 radical (unpaired) electrons. The topological polar surface area (TPSA) is 63.5 Å². The molecule has 2 N–H and O–H groups in total. The van der Waals surface area contributed by atoms with Crippen molar-refractivity contribution in [3.8, 4) is 5.75 Å². The highest BCUT2D eigenvalue weighted by Gasteiger charge is 2.17. The first-order chi connectivity index (χ1) is 11.6. The summed E-state index contributed by atoms with van der Waals surface area (Å²) in [5.74, 6) is 0.516. The van der Waals surface area contributed by atoms with Crippen molar-refractivity contribution in [3.05, 3.63) is 36.4 Å². The third kappa shape index (κ3) is 3.08. The zero-order valence-corrected chi connectivity index (χ0v) is 14.2. The summed E-state index contributed by atoms with van der Waals surface area (Å²) in [6.07, 6.45) is 0.978. The molecule has 5 nitrogen and oxygen atoms in total. The number of anilines is 1. The van der Waals surface area contributed by atoms with Gasteiger partial charge in [0.15, 0.2) is 0 Å². The van der Waals surface area contributed by atoms with Crippen LogP contribution in [0.3, 0.4) is 0 Å². The van der Waals surface area contributed by atoms with Crippen molar-refractivity contribution >= 4 is 33.5 Å². The predicted octanol–water partition coefficient (Wildman–Crippen LogP) is 3.92. The van der Waals surface area contributed by atoms with Gasteiger partial charge in [0.25, 0.3) is 0 Å². The van der Waals surface area contributed by atoms with E-state index in [1.54, 1.807) is 7.11 Å². The minimum atomic E-state index is -0.277. The van der Waals surface area contributed by atoms with Gasteiger partial charge in [-0.15, -0.1) is 0 Å². The molecule has 126 valence electrons. The van der Waals surface area contributed by atoms with Gasteiger partial charge in [0.2, 0.25) is 5.91 Å². The summed E-state index contributed by atoms with van der Waals surface area (Å²) in [5, 5.41) is 8.09. The molecule has 0 bridgehead atoms. The molecule has 3 rings (SSSR count). The average Bonchev–Trinajstić information content (AvgIpc) is 2.96. The molecular formula is C19H22N2O3. The van der Waals surface area contributed by atoms with Crippen LogP contribution in [-0.2, 0) is 4.79 Å². The highest BCUT2D eigenvalue weighted by atomic mass is 16.5. The average molecular weight is 326 g/mol. The fourth-order valence-electron chi connectivity index (χ4n) is 2.71. The summed E-state index contributed by atoms with van der Waals surface area (Å²) < 4.78 is 11.3. The van der Waals surface area contributed by atoms with Gasteiger partial charge in [-0.2, -0.15) is 0 Å². The smallest absolute Gasteiger partial charge is 0.241 e. The standard InChI is InChI=1S/C19H22N2O3/c1-4-9-20-12(2)19(22)21-15-11-17-14(10-18(15)23-3)13-7-5-6-8-16(13)24-17/h5-8,10-12,20H,4,9H2,1-3H3,(H,21,22). The molecule has 0 saturated carbocycles. The lowest BCUT2D eigenvalue weighted by atomic mass is 10.1. The van der Waals surface area contributed by atoms with E-state index in [1.807, 2.05) is 43.3 Å². The Kier molecular flexibility index (Phi) is 4.71. The number of hydrogen-bond donors (Lipinski definition) is 2. The van der Waals surface area contributed by atoms with Gasteiger partial charge >= 0.3 is 0 Å². The second kappa shape index (κ2) is 6.93. The number of rotatable bonds is 6. The third-order valence-corrected chi connectivity index (χ3v) is 4.05. The summed E-state index contributed by atoms with van der Waals surface area (Å²) in [6.45, 7) is 4.71. The second-order valence-corrected chi connectivity index (χ2v) is 5.81. The minimum Gasteiger partial charge on any atom is -0.495 e. The molecule has 0 aliphatic heterocycles. The molecule has 0 spiro atoms. The van der Waals surface area contributed by atoms with Crippen LogP contribution in [0.5, 0.6) is 5.75 Å². The van der Waals surface area contributed by atoms with Crippen LogP contribution in [0.4, 0.5) is 5.69 Å². The molecule has 1 aromatic heterocycles. The normalized spacial score (nSPS) is 12.5. The predicted molar refractivity (Wildman–Crippen MR) is 96.7 cm³/mol. The SMILES string of the molecule is CCCNC(C)C(=O)Nc1cc2oc3ccccc3c2cc1OC. The van der Waals surface area contributed by atoms with Crippen molar-refractivity contribution in [1.29, 1.82) is 0 Å². The largest absolute Gasteiger partial charge is 0.495 e. The Morgan fingerprint density at radius 2 is 2.00 bits per heavy atom. The molecule has 0 aliphatic rings. The lowest BCUT2D eigenvalue weighted by molar-refractivity contribution is -0.117. The number of nitrogens with one attached hydrogen (secondary N) is 2. The lowest BCUT2D eigenvalue weighted by Crippen LogP contribution is -2.38. The van der Waals surface area contributed by atoms with E-state index in [0.29, 0.717) is 11.4 Å². The molecule has 1 heterocycles. The number of para-hydroxylation sites is 1. The Hall–Kier alpha value is -2.53. The summed E-state index contributed by atoms with van der Waals surface area (Å²) in [4.78, 5) is 12.3. The molecule has 0 aliphatic carbocycles.